The van der Waals surface area contributed by atoms with E-state index in [1.54, 1.807) is 37.6 Å². The Balaban J connectivity index is 1.32. The Bertz CT molecular complexity index is 1760. The van der Waals surface area contributed by atoms with Gasteiger partial charge in [0.15, 0.2) is 11.6 Å². The van der Waals surface area contributed by atoms with Crippen molar-refractivity contribution in [2.45, 2.75) is 44.8 Å². The largest absolute Gasteiger partial charge is 0.496 e. The minimum atomic E-state index is -0.872. The van der Waals surface area contributed by atoms with Crippen molar-refractivity contribution >= 4 is 46.6 Å². The number of carboxylic acid groups (broad SMARTS) is 1. The molecule has 246 valence electrons. The summed E-state index contributed by atoms with van der Waals surface area (Å²) in [6, 6.07) is 14.6. The monoisotopic (exact) mass is 680 g/mol. The Hall–Kier alpha value is -4.29. The highest BCUT2D eigenvalue weighted by molar-refractivity contribution is 6.39. The molecule has 2 aromatic carbocycles. The summed E-state index contributed by atoms with van der Waals surface area (Å²) in [5.74, 6) is -0.649. The number of benzene rings is 2. The molecule has 0 saturated carbocycles. The number of nitrogens with one attached hydrogen (secondary N) is 4. The Morgan fingerprint density at radius 1 is 1.04 bits per heavy atom. The third-order valence-corrected chi connectivity index (χ3v) is 8.60. The Morgan fingerprint density at radius 3 is 2.60 bits per heavy atom. The number of amides is 1. The lowest BCUT2D eigenvalue weighted by Crippen LogP contribution is -2.35. The van der Waals surface area contributed by atoms with Gasteiger partial charge in [0, 0.05) is 78.7 Å². The van der Waals surface area contributed by atoms with Crippen LogP contribution in [0.4, 0.5) is 15.9 Å². The number of hydrogen-bond donors (Lipinski definition) is 5. The fourth-order valence-electron chi connectivity index (χ4n) is 5.36. The first-order valence-electron chi connectivity index (χ1n) is 15.2. The van der Waals surface area contributed by atoms with E-state index in [9.17, 15) is 9.59 Å². The Labute approximate surface area is 282 Å². The molecule has 5 N–H and O–H groups in total. The number of carbonyl (C=O) groups excluding carboxylic acids is 1. The van der Waals surface area contributed by atoms with E-state index in [1.165, 1.54) is 6.20 Å². The molecule has 0 unspecified atom stereocenters. The smallest absolute Gasteiger partial charge is 0.303 e. The minimum Gasteiger partial charge on any atom is -0.496 e. The summed E-state index contributed by atoms with van der Waals surface area (Å²) in [4.78, 5) is 30.9. The van der Waals surface area contributed by atoms with Crippen molar-refractivity contribution in [2.75, 3.05) is 25.5 Å². The molecule has 3 heterocycles. The van der Waals surface area contributed by atoms with Crippen LogP contribution in [0.1, 0.15) is 36.8 Å². The third kappa shape index (κ3) is 8.55. The summed E-state index contributed by atoms with van der Waals surface area (Å²) >= 11 is 13.8. The third-order valence-electron chi connectivity index (χ3n) is 7.81. The highest BCUT2D eigenvalue weighted by Crippen LogP contribution is 2.41. The van der Waals surface area contributed by atoms with Gasteiger partial charge in [-0.25, -0.2) is 9.37 Å². The number of hydrogen-bond acceptors (Lipinski definition) is 8. The molecule has 0 aliphatic carbocycles. The zero-order valence-electron chi connectivity index (χ0n) is 25.7. The molecule has 0 bridgehead atoms. The molecule has 1 atom stereocenters. The van der Waals surface area contributed by atoms with E-state index in [0.717, 1.165) is 17.5 Å². The van der Waals surface area contributed by atoms with Gasteiger partial charge in [-0.1, -0.05) is 47.5 Å². The highest BCUT2D eigenvalue weighted by Gasteiger charge is 2.21. The standard InChI is InChI=1S/C34H35Cl2FN6O4/c1-47-27-16-20(7-8-21(27)17-39-19-23-9-10-28(44)42-23)33-31(36)25(12-15-40-33)24-4-2-5-26(30(24)35)43-34-32(37)22(11-14-41-34)18-38-13-3-6-29(45)46/h2,4-5,7-8,11-12,14-16,23,38-39H,3,6,9-10,13,17-19H2,1H3,(H,41,43)(H,42,44)(H,45,46)/t23-/m0/s1. The number of ether oxygens (including phenoxy) is 1. The van der Waals surface area contributed by atoms with E-state index < -0.39 is 11.8 Å². The fraction of sp³-hybridized carbons (Fsp3) is 0.294. The van der Waals surface area contributed by atoms with E-state index in [0.29, 0.717) is 76.3 Å². The molecular formula is C34H35Cl2FN6O4. The quantitative estimate of drug-likeness (QED) is 0.0912. The average molecular weight is 682 g/mol. The van der Waals surface area contributed by atoms with Crippen LogP contribution in [0.5, 0.6) is 5.75 Å². The van der Waals surface area contributed by atoms with Gasteiger partial charge in [-0.05, 0) is 43.7 Å². The van der Waals surface area contributed by atoms with Gasteiger partial charge in [-0.2, -0.15) is 0 Å². The van der Waals surface area contributed by atoms with Crippen molar-refractivity contribution in [3.8, 4) is 28.1 Å². The molecule has 1 saturated heterocycles. The molecule has 1 aliphatic rings. The number of rotatable bonds is 15. The average Bonchev–Trinajstić information content (AvgIpc) is 3.48. The summed E-state index contributed by atoms with van der Waals surface area (Å²) < 4.78 is 21.0. The molecule has 1 aliphatic heterocycles. The van der Waals surface area contributed by atoms with E-state index in [2.05, 4.69) is 31.2 Å². The van der Waals surface area contributed by atoms with Crippen LogP contribution in [-0.4, -0.2) is 53.2 Å². The van der Waals surface area contributed by atoms with Crippen molar-refractivity contribution in [3.05, 3.63) is 87.9 Å². The number of aromatic nitrogens is 2. The normalized spacial score (nSPS) is 14.2. The van der Waals surface area contributed by atoms with Crippen LogP contribution in [0.25, 0.3) is 22.4 Å². The van der Waals surface area contributed by atoms with Crippen molar-refractivity contribution < 1.29 is 23.8 Å². The maximum atomic E-state index is 15.3. The lowest BCUT2D eigenvalue weighted by molar-refractivity contribution is -0.137. The zero-order chi connectivity index (χ0) is 33.3. The van der Waals surface area contributed by atoms with Crippen LogP contribution in [0.2, 0.25) is 10.0 Å². The number of carboxylic acids is 1. The van der Waals surface area contributed by atoms with Gasteiger partial charge in [-0.15, -0.1) is 0 Å². The second-order valence-corrected chi connectivity index (χ2v) is 11.8. The summed E-state index contributed by atoms with van der Waals surface area (Å²) in [6.07, 6.45) is 5.01. The first kappa shape index (κ1) is 34.1. The number of anilines is 2. The van der Waals surface area contributed by atoms with E-state index in [1.807, 2.05) is 24.3 Å². The molecule has 13 heteroatoms. The van der Waals surface area contributed by atoms with Crippen molar-refractivity contribution in [1.82, 2.24) is 25.9 Å². The molecule has 47 heavy (non-hydrogen) atoms. The predicted octanol–water partition coefficient (Wildman–Crippen LogP) is 6.33. The van der Waals surface area contributed by atoms with E-state index >= 15 is 4.39 Å². The van der Waals surface area contributed by atoms with Crippen LogP contribution in [0, 0.1) is 5.82 Å². The number of nitrogens with zero attached hydrogens (tertiary/aromatic N) is 2. The molecule has 0 spiro atoms. The maximum Gasteiger partial charge on any atom is 0.303 e. The fourth-order valence-corrected chi connectivity index (χ4v) is 5.96. The van der Waals surface area contributed by atoms with Crippen molar-refractivity contribution in [1.29, 1.82) is 0 Å². The number of halogens is 3. The first-order chi connectivity index (χ1) is 22.7. The van der Waals surface area contributed by atoms with Crippen molar-refractivity contribution in [2.24, 2.45) is 0 Å². The molecule has 1 fully saturated rings. The zero-order valence-corrected chi connectivity index (χ0v) is 27.2. The Kier molecular flexibility index (Phi) is 11.6. The number of pyridine rings is 2. The summed E-state index contributed by atoms with van der Waals surface area (Å²) in [5, 5.41) is 21.9. The second-order valence-electron chi connectivity index (χ2n) is 11.1. The van der Waals surface area contributed by atoms with Crippen LogP contribution in [0.3, 0.4) is 0 Å². The van der Waals surface area contributed by atoms with Crippen LogP contribution in [-0.2, 0) is 22.7 Å². The topological polar surface area (TPSA) is 138 Å². The SMILES string of the molecule is COc1cc(-c2nccc(-c3cccc(Nc4nccc(CNCCCC(=O)O)c4F)c3Cl)c2Cl)ccc1CNC[C@@H]1CCC(=O)N1. The summed E-state index contributed by atoms with van der Waals surface area (Å²) in [6.45, 7) is 1.89. The Morgan fingerprint density at radius 2 is 1.83 bits per heavy atom. The minimum absolute atomic E-state index is 0.00469. The van der Waals surface area contributed by atoms with Gasteiger partial charge < -0.3 is 31.1 Å². The van der Waals surface area contributed by atoms with Gasteiger partial charge in [0.2, 0.25) is 5.91 Å². The van der Waals surface area contributed by atoms with Crippen LogP contribution >= 0.6 is 23.2 Å². The first-order valence-corrected chi connectivity index (χ1v) is 15.9. The van der Waals surface area contributed by atoms with Crippen molar-refractivity contribution in [3.63, 3.8) is 0 Å². The molecule has 10 nitrogen and oxygen atoms in total. The molecule has 5 rings (SSSR count). The van der Waals surface area contributed by atoms with Gasteiger partial charge in [0.25, 0.3) is 0 Å². The molecule has 1 amide bonds. The summed E-state index contributed by atoms with van der Waals surface area (Å²) in [7, 11) is 1.61. The van der Waals surface area contributed by atoms with Gasteiger partial charge in [-0.3, -0.25) is 14.6 Å². The number of carbonyl (C=O) groups is 2. The summed E-state index contributed by atoms with van der Waals surface area (Å²) in [5.41, 5.74) is 4.33. The predicted molar refractivity (Wildman–Crippen MR) is 181 cm³/mol. The second kappa shape index (κ2) is 16.0. The molecule has 0 radical (unpaired) electrons. The van der Waals surface area contributed by atoms with Crippen LogP contribution < -0.4 is 26.0 Å². The molecule has 2 aromatic heterocycles. The van der Waals surface area contributed by atoms with Gasteiger partial charge in [0.05, 0.1) is 28.5 Å². The van der Waals surface area contributed by atoms with E-state index in [4.69, 9.17) is 33.0 Å². The molecule has 4 aromatic rings. The lowest BCUT2D eigenvalue weighted by Gasteiger charge is -2.16. The van der Waals surface area contributed by atoms with Gasteiger partial charge >= 0.3 is 5.97 Å². The van der Waals surface area contributed by atoms with Crippen LogP contribution in [0.15, 0.2) is 60.9 Å². The maximum absolute atomic E-state index is 15.3. The molecular weight excluding hydrogens is 646 g/mol. The number of methoxy groups -OCH3 is 1. The lowest BCUT2D eigenvalue weighted by atomic mass is 10.0. The highest BCUT2D eigenvalue weighted by atomic mass is 35.5. The van der Waals surface area contributed by atoms with E-state index in [-0.39, 0.29) is 30.7 Å². The van der Waals surface area contributed by atoms with Gasteiger partial charge in [0.1, 0.15) is 5.75 Å². The number of aliphatic carboxylic acids is 1.